The van der Waals surface area contributed by atoms with Gasteiger partial charge in [0.15, 0.2) is 23.3 Å². The molecule has 1 amide bonds. The first-order valence-electron chi connectivity index (χ1n) is 8.21. The highest BCUT2D eigenvalue weighted by atomic mass is 19.2. The van der Waals surface area contributed by atoms with E-state index in [1.54, 1.807) is 18.2 Å². The van der Waals surface area contributed by atoms with Gasteiger partial charge in [0.2, 0.25) is 0 Å². The predicted molar refractivity (Wildman–Crippen MR) is 96.9 cm³/mol. The van der Waals surface area contributed by atoms with Crippen LogP contribution in [0, 0.1) is 23.3 Å². The fourth-order valence-electron chi connectivity index (χ4n) is 2.61. The third-order valence-corrected chi connectivity index (χ3v) is 4.03. The Bertz CT molecular complexity index is 981. The van der Waals surface area contributed by atoms with Crippen molar-refractivity contribution in [1.29, 1.82) is 0 Å². The maximum absolute atomic E-state index is 13.7. The second-order valence-electron chi connectivity index (χ2n) is 6.20. The van der Waals surface area contributed by atoms with Crippen LogP contribution in [0.1, 0.15) is 0 Å². The second-order valence-corrected chi connectivity index (χ2v) is 6.20. The molecule has 0 bridgehead atoms. The molecule has 0 aliphatic rings. The van der Waals surface area contributed by atoms with Gasteiger partial charge in [-0.1, -0.05) is 30.3 Å². The van der Waals surface area contributed by atoms with Gasteiger partial charge in [-0.3, -0.25) is 0 Å². The predicted octanol–water partition coefficient (Wildman–Crippen LogP) is 5.64. The summed E-state index contributed by atoms with van der Waals surface area (Å²) in [5, 5.41) is 0. The zero-order chi connectivity index (χ0) is 20.4. The van der Waals surface area contributed by atoms with E-state index in [4.69, 9.17) is 4.74 Å². The molecule has 0 unspecified atom stereocenters. The topological polar surface area (TPSA) is 29.5 Å². The molecule has 3 aromatic rings. The van der Waals surface area contributed by atoms with E-state index in [2.05, 4.69) is 0 Å². The van der Waals surface area contributed by atoms with Crippen LogP contribution in [0.3, 0.4) is 0 Å². The van der Waals surface area contributed by atoms with E-state index in [0.29, 0.717) is 0 Å². The van der Waals surface area contributed by atoms with Crippen LogP contribution in [-0.2, 0) is 0 Å². The monoisotopic (exact) mass is 389 g/mol. The first kappa shape index (κ1) is 19.4. The molecule has 0 radical (unpaired) electrons. The molecular formula is C21H15F4NO2. The van der Waals surface area contributed by atoms with Gasteiger partial charge >= 0.3 is 6.09 Å². The Balaban J connectivity index is 2.22. The molecule has 3 rings (SSSR count). The number of benzene rings is 3. The van der Waals surface area contributed by atoms with Crippen LogP contribution in [0.4, 0.5) is 22.4 Å². The number of nitrogens with zero attached hydrogens (tertiary/aromatic N) is 1. The highest BCUT2D eigenvalue weighted by molar-refractivity contribution is 5.86. The molecule has 0 spiro atoms. The van der Waals surface area contributed by atoms with Gasteiger partial charge in [0.05, 0.1) is 0 Å². The fraction of sp³-hybridized carbons (Fsp3) is 0.0952. The van der Waals surface area contributed by atoms with Crippen LogP contribution < -0.4 is 4.74 Å². The van der Waals surface area contributed by atoms with Crippen LogP contribution in [0.15, 0.2) is 54.6 Å². The van der Waals surface area contributed by atoms with Crippen molar-refractivity contribution in [1.82, 2.24) is 4.90 Å². The zero-order valence-corrected chi connectivity index (χ0v) is 15.0. The highest BCUT2D eigenvalue weighted by Gasteiger charge is 2.19. The summed E-state index contributed by atoms with van der Waals surface area (Å²) in [5.41, 5.74) is 1.09. The molecule has 3 nitrogen and oxygen atoms in total. The Morgan fingerprint density at radius 3 is 1.61 bits per heavy atom. The van der Waals surface area contributed by atoms with Crippen molar-refractivity contribution in [3.63, 3.8) is 0 Å². The minimum absolute atomic E-state index is 0.0122. The Hall–Kier alpha value is -3.35. The van der Waals surface area contributed by atoms with E-state index in [1.165, 1.54) is 31.1 Å². The maximum atomic E-state index is 13.7. The maximum Gasteiger partial charge on any atom is 0.414 e. The van der Waals surface area contributed by atoms with Crippen LogP contribution in [0.2, 0.25) is 0 Å². The van der Waals surface area contributed by atoms with Gasteiger partial charge in [-0.05, 0) is 35.4 Å². The number of amides is 1. The smallest absolute Gasteiger partial charge is 0.409 e. The summed E-state index contributed by atoms with van der Waals surface area (Å²) in [6, 6.07) is 11.2. The van der Waals surface area contributed by atoms with Gasteiger partial charge in [-0.15, -0.1) is 0 Å². The van der Waals surface area contributed by atoms with Gasteiger partial charge in [0.1, 0.15) is 5.75 Å². The quantitative estimate of drug-likeness (QED) is 0.543. The van der Waals surface area contributed by atoms with Gasteiger partial charge in [-0.2, -0.15) is 0 Å². The van der Waals surface area contributed by atoms with E-state index >= 15 is 0 Å². The SMILES string of the molecule is CN(C)C(=O)Oc1c(-c2ccc(F)c(F)c2)cccc1-c1ccc(F)c(F)c1. The number of halogens is 4. The average molecular weight is 389 g/mol. The van der Waals surface area contributed by atoms with Crippen molar-refractivity contribution in [2.75, 3.05) is 14.1 Å². The summed E-state index contributed by atoms with van der Waals surface area (Å²) >= 11 is 0. The first-order valence-corrected chi connectivity index (χ1v) is 8.21. The lowest BCUT2D eigenvalue weighted by Crippen LogP contribution is -2.25. The number of para-hydroxylation sites is 1. The third kappa shape index (κ3) is 3.83. The number of hydrogen-bond acceptors (Lipinski definition) is 2. The molecular weight excluding hydrogens is 374 g/mol. The summed E-state index contributed by atoms with van der Waals surface area (Å²) < 4.78 is 59.5. The largest absolute Gasteiger partial charge is 0.414 e. The molecule has 0 saturated heterocycles. The van der Waals surface area contributed by atoms with Crippen LogP contribution in [0.5, 0.6) is 5.75 Å². The molecule has 0 aliphatic heterocycles. The molecule has 3 aromatic carbocycles. The van der Waals surface area contributed by atoms with Gasteiger partial charge in [0.25, 0.3) is 0 Å². The van der Waals surface area contributed by atoms with Crippen molar-refractivity contribution in [3.05, 3.63) is 77.9 Å². The summed E-state index contributed by atoms with van der Waals surface area (Å²) in [6.45, 7) is 0. The highest BCUT2D eigenvalue weighted by Crippen LogP contribution is 2.40. The van der Waals surface area contributed by atoms with E-state index < -0.39 is 29.4 Å². The van der Waals surface area contributed by atoms with E-state index in [1.807, 2.05) is 0 Å². The summed E-state index contributed by atoms with van der Waals surface area (Å²) in [5.74, 6) is -4.17. The minimum Gasteiger partial charge on any atom is -0.409 e. The molecule has 0 atom stereocenters. The standard InChI is InChI=1S/C21H15F4NO2/c1-26(2)21(27)28-20-14(12-6-8-16(22)18(24)10-12)4-3-5-15(20)13-7-9-17(23)19(25)11-13/h3-11H,1-2H3. The van der Waals surface area contributed by atoms with Crippen molar-refractivity contribution < 1.29 is 27.1 Å². The molecule has 0 fully saturated rings. The molecule has 0 N–H and O–H groups in total. The molecule has 0 saturated carbocycles. The lowest BCUT2D eigenvalue weighted by molar-refractivity contribution is 0.172. The Morgan fingerprint density at radius 1 is 0.750 bits per heavy atom. The molecule has 144 valence electrons. The Labute approximate surface area is 158 Å². The zero-order valence-electron chi connectivity index (χ0n) is 15.0. The number of carbonyl (C=O) groups is 1. The van der Waals surface area contributed by atoms with E-state index in [9.17, 15) is 22.4 Å². The Morgan fingerprint density at radius 2 is 1.21 bits per heavy atom. The number of rotatable bonds is 3. The fourth-order valence-corrected chi connectivity index (χ4v) is 2.61. The molecule has 7 heteroatoms. The van der Waals surface area contributed by atoms with Crippen molar-refractivity contribution in [2.24, 2.45) is 0 Å². The third-order valence-electron chi connectivity index (χ3n) is 4.03. The van der Waals surface area contributed by atoms with E-state index in [0.717, 1.165) is 24.3 Å². The minimum atomic E-state index is -1.07. The van der Waals surface area contributed by atoms with Crippen LogP contribution in [-0.4, -0.2) is 25.1 Å². The number of ether oxygens (including phenoxy) is 1. The first-order chi connectivity index (χ1) is 13.3. The van der Waals surface area contributed by atoms with Crippen LogP contribution in [0.25, 0.3) is 22.3 Å². The normalized spacial score (nSPS) is 10.6. The van der Waals surface area contributed by atoms with E-state index in [-0.39, 0.29) is 28.0 Å². The molecule has 0 aliphatic carbocycles. The van der Waals surface area contributed by atoms with Gasteiger partial charge in [0, 0.05) is 25.2 Å². The average Bonchev–Trinajstić information content (AvgIpc) is 2.66. The van der Waals surface area contributed by atoms with Crippen molar-refractivity contribution in [3.8, 4) is 28.0 Å². The summed E-state index contributed by atoms with van der Waals surface area (Å²) in [7, 11) is 2.94. The summed E-state index contributed by atoms with van der Waals surface area (Å²) in [4.78, 5) is 13.3. The number of carbonyl (C=O) groups excluding carboxylic acids is 1. The lowest BCUT2D eigenvalue weighted by atomic mass is 9.97. The second kappa shape index (κ2) is 7.72. The Kier molecular flexibility index (Phi) is 5.35. The molecule has 0 aromatic heterocycles. The van der Waals surface area contributed by atoms with Crippen molar-refractivity contribution in [2.45, 2.75) is 0 Å². The lowest BCUT2D eigenvalue weighted by Gasteiger charge is -2.18. The summed E-state index contributed by atoms with van der Waals surface area (Å²) in [6.07, 6.45) is -0.723. The van der Waals surface area contributed by atoms with Gasteiger partial charge < -0.3 is 9.64 Å². The molecule has 28 heavy (non-hydrogen) atoms. The van der Waals surface area contributed by atoms with Crippen LogP contribution >= 0.6 is 0 Å². The number of hydrogen-bond donors (Lipinski definition) is 0. The van der Waals surface area contributed by atoms with Gasteiger partial charge in [-0.25, -0.2) is 22.4 Å². The van der Waals surface area contributed by atoms with Crippen molar-refractivity contribution >= 4 is 6.09 Å². The molecule has 0 heterocycles.